The lowest BCUT2D eigenvalue weighted by molar-refractivity contribution is -0.168. The number of hydrogen-bond acceptors (Lipinski definition) is 5. The molecule has 0 aromatic carbocycles. The Morgan fingerprint density at radius 1 is 1.38 bits per heavy atom. The molecule has 4 heterocycles. The number of anilines is 3. The Morgan fingerprint density at radius 2 is 2.12 bits per heavy atom. The highest BCUT2D eigenvalue weighted by atomic mass is 79.9. The monoisotopic (exact) mass is 531 g/mol. The second-order valence-electron chi connectivity index (χ2n) is 7.78. The molecular weight excluding hydrogens is 515 g/mol. The van der Waals surface area contributed by atoms with Crippen molar-refractivity contribution in [1.29, 1.82) is 0 Å². The summed E-state index contributed by atoms with van der Waals surface area (Å²) in [5.74, 6) is -2.16. The molecule has 0 radical (unpaired) electrons. The smallest absolute Gasteiger partial charge is 0.366 e. The summed E-state index contributed by atoms with van der Waals surface area (Å²) in [6, 6.07) is 4.13. The molecule has 1 saturated heterocycles. The highest BCUT2D eigenvalue weighted by Gasteiger charge is 2.42. The van der Waals surface area contributed by atoms with Crippen LogP contribution in [0, 0.1) is 5.92 Å². The maximum Gasteiger partial charge on any atom is 0.391 e. The van der Waals surface area contributed by atoms with Crippen molar-refractivity contribution >= 4 is 56.7 Å². The lowest BCUT2D eigenvalue weighted by atomic mass is 10.0. The molecule has 0 spiro atoms. The summed E-state index contributed by atoms with van der Waals surface area (Å²) in [5.41, 5.74) is 0.281. The van der Waals surface area contributed by atoms with Gasteiger partial charge >= 0.3 is 12.2 Å². The number of alkyl halides is 3. The van der Waals surface area contributed by atoms with Gasteiger partial charge in [0, 0.05) is 30.2 Å². The van der Waals surface area contributed by atoms with Crippen LogP contribution in [0.3, 0.4) is 0 Å². The molecule has 2 bridgehead atoms. The molecule has 4 rings (SSSR count). The van der Waals surface area contributed by atoms with Crippen LogP contribution in [0.4, 0.5) is 35.3 Å². The van der Waals surface area contributed by atoms with Crippen LogP contribution in [-0.2, 0) is 0 Å². The van der Waals surface area contributed by atoms with Gasteiger partial charge in [-0.3, -0.25) is 15.0 Å². The number of ketones is 1. The third kappa shape index (κ3) is 4.40. The van der Waals surface area contributed by atoms with Crippen molar-refractivity contribution in [1.82, 2.24) is 9.97 Å². The van der Waals surface area contributed by atoms with E-state index in [1.807, 2.05) is 4.90 Å². The summed E-state index contributed by atoms with van der Waals surface area (Å²) in [4.78, 5) is 37.6. The number of urea groups is 1. The van der Waals surface area contributed by atoms with Crippen molar-refractivity contribution in [3.05, 3.63) is 39.6 Å². The molecule has 2 aliphatic rings. The fourth-order valence-corrected chi connectivity index (χ4v) is 4.40. The molecule has 2 atom stereocenters. The number of carbonyl (C=O) groups excluding carboxylic acids is 2. The van der Waals surface area contributed by atoms with Crippen LogP contribution in [0.15, 0.2) is 28.9 Å². The van der Waals surface area contributed by atoms with Crippen LogP contribution in [0.1, 0.15) is 30.3 Å². The molecule has 0 saturated carbocycles. The number of rotatable bonds is 4. The molecule has 2 amide bonds. The number of carbonyl (C=O) groups is 2. The van der Waals surface area contributed by atoms with E-state index in [0.717, 1.165) is 11.4 Å². The molecule has 32 heavy (non-hydrogen) atoms. The van der Waals surface area contributed by atoms with Gasteiger partial charge in [0.1, 0.15) is 11.5 Å². The highest BCUT2D eigenvalue weighted by Crippen LogP contribution is 2.41. The number of aromatic nitrogens is 2. The van der Waals surface area contributed by atoms with Gasteiger partial charge in [0.25, 0.3) is 0 Å². The van der Waals surface area contributed by atoms with E-state index in [2.05, 4.69) is 31.2 Å². The van der Waals surface area contributed by atoms with Gasteiger partial charge in [-0.15, -0.1) is 0 Å². The van der Waals surface area contributed by atoms with Crippen molar-refractivity contribution in [3.8, 4) is 0 Å². The predicted octanol–water partition coefficient (Wildman–Crippen LogP) is 5.29. The van der Waals surface area contributed by atoms with Gasteiger partial charge in [0.05, 0.1) is 22.7 Å². The van der Waals surface area contributed by atoms with Crippen molar-refractivity contribution in [2.24, 2.45) is 5.92 Å². The SMILES string of the molecule is C[C@@H](CC(=O)c1nc2c(cc1Cl)N1CC[C@@H](C1)N2C(=O)Nc1cc(Br)ccn1)C(F)(F)F. The number of Topliss-reactive ketones (excluding diaryl/α,β-unsaturated/α-hetero) is 1. The standard InChI is InChI=1S/C20H18BrClF3N5O2/c1-10(20(23,24)25)6-15(31)17-13(22)8-14-18(28-17)30(12-3-5-29(14)9-12)19(32)27-16-7-11(21)2-4-26-16/h2,4,7-8,10,12H,3,5-6,9H2,1H3,(H,26,27,32)/t10-,12-/m0/s1. The zero-order chi connectivity index (χ0) is 23.2. The van der Waals surface area contributed by atoms with Crippen LogP contribution < -0.4 is 15.1 Å². The van der Waals surface area contributed by atoms with Gasteiger partial charge in [-0.05, 0) is 24.6 Å². The average Bonchev–Trinajstić information content (AvgIpc) is 3.12. The number of halogens is 5. The maximum atomic E-state index is 13.1. The number of hydrogen-bond donors (Lipinski definition) is 1. The highest BCUT2D eigenvalue weighted by molar-refractivity contribution is 9.10. The van der Waals surface area contributed by atoms with E-state index in [-0.39, 0.29) is 22.6 Å². The van der Waals surface area contributed by atoms with Crippen LogP contribution in [0.5, 0.6) is 0 Å². The van der Waals surface area contributed by atoms with Crippen molar-refractivity contribution in [3.63, 3.8) is 0 Å². The van der Waals surface area contributed by atoms with E-state index in [0.29, 0.717) is 31.0 Å². The largest absolute Gasteiger partial charge is 0.391 e. The van der Waals surface area contributed by atoms with E-state index in [1.54, 1.807) is 12.1 Å². The Hall–Kier alpha value is -2.40. The molecule has 0 aliphatic carbocycles. The van der Waals surface area contributed by atoms with E-state index < -0.39 is 30.3 Å². The molecule has 2 aromatic rings. The van der Waals surface area contributed by atoms with E-state index in [1.165, 1.54) is 17.2 Å². The zero-order valence-electron chi connectivity index (χ0n) is 16.8. The molecular formula is C20H18BrClF3N5O2. The average molecular weight is 533 g/mol. The quantitative estimate of drug-likeness (QED) is 0.541. The normalized spacial score (nSPS) is 18.4. The molecule has 2 aliphatic heterocycles. The number of fused-ring (bicyclic) bond motifs is 4. The lowest BCUT2D eigenvalue weighted by Gasteiger charge is -2.36. The first-order valence-electron chi connectivity index (χ1n) is 9.81. The van der Waals surface area contributed by atoms with Gasteiger partial charge in [0.15, 0.2) is 11.6 Å². The number of amides is 2. The molecule has 1 N–H and O–H groups in total. The van der Waals surface area contributed by atoms with Crippen molar-refractivity contribution < 1.29 is 22.8 Å². The van der Waals surface area contributed by atoms with E-state index in [9.17, 15) is 22.8 Å². The third-order valence-corrected chi connectivity index (χ3v) is 6.31. The summed E-state index contributed by atoms with van der Waals surface area (Å²) in [6.45, 7) is 2.15. The second-order valence-corrected chi connectivity index (χ2v) is 9.10. The fourth-order valence-electron chi connectivity index (χ4n) is 3.81. The lowest BCUT2D eigenvalue weighted by Crippen LogP contribution is -2.48. The second kappa shape index (κ2) is 8.51. The molecule has 170 valence electrons. The van der Waals surface area contributed by atoms with Gasteiger partial charge in [-0.2, -0.15) is 13.2 Å². The molecule has 2 aromatic heterocycles. The summed E-state index contributed by atoms with van der Waals surface area (Å²) >= 11 is 9.56. The summed E-state index contributed by atoms with van der Waals surface area (Å²) in [7, 11) is 0. The van der Waals surface area contributed by atoms with Gasteiger partial charge < -0.3 is 4.90 Å². The van der Waals surface area contributed by atoms with Crippen LogP contribution in [-0.4, -0.2) is 47.1 Å². The van der Waals surface area contributed by atoms with Crippen LogP contribution in [0.25, 0.3) is 0 Å². The Morgan fingerprint density at radius 3 is 2.81 bits per heavy atom. The minimum atomic E-state index is -4.51. The van der Waals surface area contributed by atoms with Crippen LogP contribution >= 0.6 is 27.5 Å². The first-order chi connectivity index (χ1) is 15.0. The number of nitrogens with one attached hydrogen (secondary N) is 1. The van der Waals surface area contributed by atoms with Gasteiger partial charge in [0.2, 0.25) is 0 Å². The summed E-state index contributed by atoms with van der Waals surface area (Å²) in [5, 5.41) is 2.67. The Balaban J connectivity index is 1.68. The van der Waals surface area contributed by atoms with E-state index in [4.69, 9.17) is 11.6 Å². The van der Waals surface area contributed by atoms with Crippen molar-refractivity contribution in [2.45, 2.75) is 32.0 Å². The van der Waals surface area contributed by atoms with Crippen molar-refractivity contribution in [2.75, 3.05) is 28.2 Å². The minimum absolute atomic E-state index is 0.0394. The molecule has 7 nitrogen and oxygen atoms in total. The molecule has 0 unspecified atom stereocenters. The Labute approximate surface area is 195 Å². The molecule has 12 heteroatoms. The summed E-state index contributed by atoms with van der Waals surface area (Å²) < 4.78 is 39.5. The first kappa shape index (κ1) is 22.8. The zero-order valence-corrected chi connectivity index (χ0v) is 19.1. The number of pyridine rings is 2. The van der Waals surface area contributed by atoms with E-state index >= 15 is 0 Å². The van der Waals surface area contributed by atoms with Gasteiger partial charge in [-0.25, -0.2) is 14.8 Å². The Kier molecular flexibility index (Phi) is 6.06. The first-order valence-corrected chi connectivity index (χ1v) is 11.0. The third-order valence-electron chi connectivity index (χ3n) is 5.52. The topological polar surface area (TPSA) is 78.4 Å². The summed E-state index contributed by atoms with van der Waals surface area (Å²) in [6.07, 6.45) is -3.10. The van der Waals surface area contributed by atoms with Crippen LogP contribution in [0.2, 0.25) is 5.02 Å². The molecule has 1 fully saturated rings. The maximum absolute atomic E-state index is 13.1. The number of nitrogens with zero attached hydrogens (tertiary/aromatic N) is 4. The minimum Gasteiger partial charge on any atom is -0.366 e. The van der Waals surface area contributed by atoms with Gasteiger partial charge in [-0.1, -0.05) is 34.5 Å². The predicted molar refractivity (Wildman–Crippen MR) is 117 cm³/mol. The Bertz CT molecular complexity index is 1080. The fraction of sp³-hybridized carbons (Fsp3) is 0.400.